The number of aryl methyl sites for hydroxylation is 2. The molecule has 0 radical (unpaired) electrons. The summed E-state index contributed by atoms with van der Waals surface area (Å²) in [7, 11) is 1.95. The molecule has 0 aliphatic heterocycles. The number of rotatable bonds is 2. The molecule has 2 N–H and O–H groups in total. The zero-order chi connectivity index (χ0) is 15.0. The first kappa shape index (κ1) is 13.3. The Kier molecular flexibility index (Phi) is 3.19. The van der Waals surface area contributed by atoms with Gasteiger partial charge in [0.2, 0.25) is 0 Å². The number of carbonyl (C=O) groups excluding carboxylic acids is 1. The van der Waals surface area contributed by atoms with E-state index in [1.807, 2.05) is 48.9 Å². The maximum atomic E-state index is 11.5. The second kappa shape index (κ2) is 5.03. The maximum absolute atomic E-state index is 11.5. The van der Waals surface area contributed by atoms with Gasteiger partial charge in [-0.05, 0) is 30.7 Å². The molecular formula is C16H15N3O2. The molecule has 0 spiro atoms. The number of carbonyl (C=O) groups is 1. The number of imidazole rings is 1. The molecule has 1 aromatic heterocycles. The maximum Gasteiger partial charge on any atom is 0.274 e. The van der Waals surface area contributed by atoms with Crippen molar-refractivity contribution in [3.63, 3.8) is 0 Å². The van der Waals surface area contributed by atoms with Gasteiger partial charge in [0.15, 0.2) is 0 Å². The Hall–Kier alpha value is -2.66. The van der Waals surface area contributed by atoms with Crippen LogP contribution in [0.4, 0.5) is 0 Å². The SMILES string of the molecule is Cc1ccccc1-c1nc2cc(C(=O)NO)ccc2n1C. The monoisotopic (exact) mass is 281 g/mol. The molecule has 1 heterocycles. The van der Waals surface area contributed by atoms with Gasteiger partial charge in [0.05, 0.1) is 11.0 Å². The highest BCUT2D eigenvalue weighted by molar-refractivity contribution is 5.97. The minimum atomic E-state index is -0.542. The van der Waals surface area contributed by atoms with Gasteiger partial charge in [0.25, 0.3) is 5.91 Å². The summed E-state index contributed by atoms with van der Waals surface area (Å²) >= 11 is 0. The van der Waals surface area contributed by atoms with Gasteiger partial charge in [0, 0.05) is 18.2 Å². The van der Waals surface area contributed by atoms with Gasteiger partial charge in [-0.15, -0.1) is 0 Å². The van der Waals surface area contributed by atoms with Gasteiger partial charge >= 0.3 is 0 Å². The van der Waals surface area contributed by atoms with Crippen molar-refractivity contribution in [3.05, 3.63) is 53.6 Å². The highest BCUT2D eigenvalue weighted by Crippen LogP contribution is 2.26. The second-order valence-electron chi connectivity index (χ2n) is 4.95. The number of aromatic nitrogens is 2. The van der Waals surface area contributed by atoms with Gasteiger partial charge in [-0.2, -0.15) is 0 Å². The fourth-order valence-corrected chi connectivity index (χ4v) is 2.47. The number of fused-ring (bicyclic) bond motifs is 1. The molecular weight excluding hydrogens is 266 g/mol. The summed E-state index contributed by atoms with van der Waals surface area (Å²) in [4.78, 5) is 16.1. The van der Waals surface area contributed by atoms with Crippen LogP contribution in [0.3, 0.4) is 0 Å². The van der Waals surface area contributed by atoms with Gasteiger partial charge in [-0.3, -0.25) is 10.0 Å². The van der Waals surface area contributed by atoms with E-state index in [0.29, 0.717) is 5.56 Å². The van der Waals surface area contributed by atoms with E-state index < -0.39 is 5.91 Å². The fourth-order valence-electron chi connectivity index (χ4n) is 2.47. The Morgan fingerprint density at radius 3 is 2.71 bits per heavy atom. The molecule has 3 aromatic rings. The summed E-state index contributed by atoms with van der Waals surface area (Å²) in [5, 5.41) is 8.71. The first-order chi connectivity index (χ1) is 10.1. The van der Waals surface area contributed by atoms with E-state index >= 15 is 0 Å². The molecule has 21 heavy (non-hydrogen) atoms. The summed E-state index contributed by atoms with van der Waals surface area (Å²) < 4.78 is 2.00. The average molecular weight is 281 g/mol. The Labute approximate surface area is 121 Å². The predicted molar refractivity (Wildman–Crippen MR) is 80.1 cm³/mol. The third-order valence-electron chi connectivity index (χ3n) is 3.63. The van der Waals surface area contributed by atoms with Crippen LogP contribution in [0.5, 0.6) is 0 Å². The highest BCUT2D eigenvalue weighted by Gasteiger charge is 2.13. The van der Waals surface area contributed by atoms with Crippen molar-refractivity contribution in [2.24, 2.45) is 7.05 Å². The Morgan fingerprint density at radius 1 is 1.24 bits per heavy atom. The normalized spacial score (nSPS) is 10.8. The topological polar surface area (TPSA) is 67.2 Å². The summed E-state index contributed by atoms with van der Waals surface area (Å²) in [5.41, 5.74) is 5.86. The van der Waals surface area contributed by atoms with Gasteiger partial charge < -0.3 is 4.57 Å². The van der Waals surface area contributed by atoms with Crippen molar-refractivity contribution in [1.29, 1.82) is 0 Å². The lowest BCUT2D eigenvalue weighted by atomic mass is 10.1. The number of hydrogen-bond acceptors (Lipinski definition) is 3. The van der Waals surface area contributed by atoms with E-state index in [0.717, 1.165) is 28.0 Å². The molecule has 0 saturated carbocycles. The second-order valence-corrected chi connectivity index (χ2v) is 4.95. The molecule has 0 aliphatic rings. The molecule has 2 aromatic carbocycles. The molecule has 1 amide bonds. The Balaban J connectivity index is 2.20. The Bertz CT molecular complexity index is 837. The van der Waals surface area contributed by atoms with Crippen LogP contribution in [0.2, 0.25) is 0 Å². The molecule has 0 unspecified atom stereocenters. The quantitative estimate of drug-likeness (QED) is 0.560. The van der Waals surface area contributed by atoms with Gasteiger partial charge in [0.1, 0.15) is 5.82 Å². The molecule has 0 atom stereocenters. The van der Waals surface area contributed by atoms with Crippen LogP contribution in [-0.2, 0) is 7.05 Å². The number of hydrogen-bond donors (Lipinski definition) is 2. The lowest BCUT2D eigenvalue weighted by Crippen LogP contribution is -2.18. The van der Waals surface area contributed by atoms with Crippen LogP contribution in [0.1, 0.15) is 15.9 Å². The van der Waals surface area contributed by atoms with Crippen molar-refractivity contribution in [3.8, 4) is 11.4 Å². The lowest BCUT2D eigenvalue weighted by Gasteiger charge is -2.05. The van der Waals surface area contributed by atoms with E-state index in [4.69, 9.17) is 5.21 Å². The van der Waals surface area contributed by atoms with Crippen LogP contribution in [0.15, 0.2) is 42.5 Å². The Morgan fingerprint density at radius 2 is 2.00 bits per heavy atom. The summed E-state index contributed by atoms with van der Waals surface area (Å²) in [6.07, 6.45) is 0. The largest absolute Gasteiger partial charge is 0.327 e. The van der Waals surface area contributed by atoms with Crippen LogP contribution >= 0.6 is 0 Å². The van der Waals surface area contributed by atoms with Gasteiger partial charge in [-0.25, -0.2) is 10.5 Å². The van der Waals surface area contributed by atoms with Crippen LogP contribution in [0, 0.1) is 6.92 Å². The standard InChI is InChI=1S/C16H15N3O2/c1-10-5-3-4-6-12(10)15-17-13-9-11(16(20)18-21)7-8-14(13)19(15)2/h3-9,21H,1-2H3,(H,18,20). The van der Waals surface area contributed by atoms with E-state index in [1.54, 1.807) is 17.6 Å². The molecule has 3 rings (SSSR count). The third kappa shape index (κ3) is 2.17. The van der Waals surface area contributed by atoms with E-state index in [-0.39, 0.29) is 0 Å². The fraction of sp³-hybridized carbons (Fsp3) is 0.125. The zero-order valence-corrected chi connectivity index (χ0v) is 11.8. The minimum absolute atomic E-state index is 0.374. The lowest BCUT2D eigenvalue weighted by molar-refractivity contribution is 0.0706. The molecule has 0 fully saturated rings. The van der Waals surface area contributed by atoms with E-state index in [1.165, 1.54) is 0 Å². The van der Waals surface area contributed by atoms with Crippen molar-refractivity contribution in [1.82, 2.24) is 15.0 Å². The molecule has 5 nitrogen and oxygen atoms in total. The molecule has 0 saturated heterocycles. The summed E-state index contributed by atoms with van der Waals surface area (Å²) in [6, 6.07) is 13.2. The predicted octanol–water partition coefficient (Wildman–Crippen LogP) is 2.67. The van der Waals surface area contributed by atoms with Crippen LogP contribution in [-0.4, -0.2) is 20.7 Å². The number of amides is 1. The van der Waals surface area contributed by atoms with Crippen LogP contribution < -0.4 is 5.48 Å². The van der Waals surface area contributed by atoms with Crippen LogP contribution in [0.25, 0.3) is 22.4 Å². The molecule has 5 heteroatoms. The van der Waals surface area contributed by atoms with Gasteiger partial charge in [-0.1, -0.05) is 24.3 Å². The number of nitrogens with zero attached hydrogens (tertiary/aromatic N) is 2. The zero-order valence-electron chi connectivity index (χ0n) is 11.8. The van der Waals surface area contributed by atoms with Crippen molar-refractivity contribution in [2.45, 2.75) is 6.92 Å². The number of benzene rings is 2. The smallest absolute Gasteiger partial charge is 0.274 e. The number of hydroxylamine groups is 1. The first-order valence-corrected chi connectivity index (χ1v) is 6.58. The van der Waals surface area contributed by atoms with E-state index in [2.05, 4.69) is 4.98 Å². The molecule has 0 bridgehead atoms. The minimum Gasteiger partial charge on any atom is -0.327 e. The first-order valence-electron chi connectivity index (χ1n) is 6.58. The van der Waals surface area contributed by atoms with E-state index in [9.17, 15) is 4.79 Å². The molecule has 106 valence electrons. The van der Waals surface area contributed by atoms with Crippen molar-refractivity contribution < 1.29 is 10.0 Å². The molecule has 0 aliphatic carbocycles. The van der Waals surface area contributed by atoms with Crippen molar-refractivity contribution in [2.75, 3.05) is 0 Å². The third-order valence-corrected chi connectivity index (χ3v) is 3.63. The number of nitrogens with one attached hydrogen (secondary N) is 1. The average Bonchev–Trinajstić information content (AvgIpc) is 2.83. The summed E-state index contributed by atoms with van der Waals surface area (Å²) in [5.74, 6) is 0.310. The highest BCUT2D eigenvalue weighted by atomic mass is 16.5. The summed E-state index contributed by atoms with van der Waals surface area (Å²) in [6.45, 7) is 2.04. The van der Waals surface area contributed by atoms with Crippen molar-refractivity contribution >= 4 is 16.9 Å².